The van der Waals surface area contributed by atoms with Crippen molar-refractivity contribution in [3.8, 4) is 0 Å². The topological polar surface area (TPSA) is 32.7 Å². The Labute approximate surface area is 134 Å². The van der Waals surface area contributed by atoms with Crippen molar-refractivity contribution >= 4 is 40.5 Å². The fraction of sp³-hybridized carbons (Fsp3) is 0.375. The highest BCUT2D eigenvalue weighted by molar-refractivity contribution is 8.18. The Morgan fingerprint density at radius 2 is 1.95 bits per heavy atom. The number of hydrogen-bond donors (Lipinski definition) is 0. The Bertz CT molecular complexity index is 601. The molecule has 2 aliphatic rings. The number of halogens is 1. The summed E-state index contributed by atoms with van der Waals surface area (Å²) in [4.78, 5) is 19.2. The monoisotopic (exact) mass is 320 g/mol. The van der Waals surface area contributed by atoms with Gasteiger partial charge in [-0.3, -0.25) is 4.79 Å². The summed E-state index contributed by atoms with van der Waals surface area (Å²) in [5, 5.41) is 1.55. The summed E-state index contributed by atoms with van der Waals surface area (Å²) in [6.07, 6.45) is 4.22. The first-order valence-electron chi connectivity index (χ1n) is 7.15. The fourth-order valence-electron chi connectivity index (χ4n) is 2.44. The molecule has 1 saturated heterocycles. The van der Waals surface area contributed by atoms with E-state index in [2.05, 4.69) is 16.8 Å². The molecule has 1 aromatic carbocycles. The lowest BCUT2D eigenvalue weighted by molar-refractivity contribution is -0.113. The van der Waals surface area contributed by atoms with Crippen LogP contribution in [-0.4, -0.2) is 29.1 Å². The van der Waals surface area contributed by atoms with Crippen molar-refractivity contribution in [2.24, 2.45) is 10.9 Å². The van der Waals surface area contributed by atoms with Gasteiger partial charge < -0.3 is 4.90 Å². The SMILES string of the molecule is CC1CCN(C2=NC(=O)/C(=C\c3ccc(Cl)cc3)S2)CC1. The van der Waals surface area contributed by atoms with Crippen molar-refractivity contribution < 1.29 is 4.79 Å². The van der Waals surface area contributed by atoms with Crippen molar-refractivity contribution in [2.75, 3.05) is 13.1 Å². The van der Waals surface area contributed by atoms with Crippen LogP contribution in [0.15, 0.2) is 34.2 Å². The molecule has 0 unspecified atom stereocenters. The number of carbonyl (C=O) groups is 1. The molecule has 1 fully saturated rings. The Kier molecular flexibility index (Phi) is 4.36. The first kappa shape index (κ1) is 14.7. The zero-order chi connectivity index (χ0) is 14.8. The van der Waals surface area contributed by atoms with Crippen molar-refractivity contribution in [3.05, 3.63) is 39.8 Å². The number of nitrogens with zero attached hydrogens (tertiary/aromatic N) is 2. The van der Waals surface area contributed by atoms with Gasteiger partial charge in [-0.05, 0) is 54.3 Å². The molecule has 5 heteroatoms. The molecule has 1 aromatic rings. The third kappa shape index (κ3) is 3.50. The minimum Gasteiger partial charge on any atom is -0.351 e. The zero-order valence-corrected chi connectivity index (χ0v) is 13.5. The Hall–Kier alpha value is -1.26. The van der Waals surface area contributed by atoms with Gasteiger partial charge in [-0.15, -0.1) is 0 Å². The normalized spacial score (nSPS) is 22.0. The number of piperidine rings is 1. The van der Waals surface area contributed by atoms with E-state index in [1.54, 1.807) is 0 Å². The largest absolute Gasteiger partial charge is 0.351 e. The van der Waals surface area contributed by atoms with Crippen LogP contribution in [-0.2, 0) is 4.79 Å². The lowest BCUT2D eigenvalue weighted by Gasteiger charge is -2.30. The second kappa shape index (κ2) is 6.24. The third-order valence-corrected chi connectivity index (χ3v) is 5.13. The average Bonchev–Trinajstić information content (AvgIpc) is 2.83. The van der Waals surface area contributed by atoms with E-state index in [4.69, 9.17) is 11.6 Å². The van der Waals surface area contributed by atoms with Gasteiger partial charge in [-0.1, -0.05) is 30.7 Å². The molecule has 0 radical (unpaired) electrons. The Morgan fingerprint density at radius 3 is 2.62 bits per heavy atom. The number of amides is 1. The van der Waals surface area contributed by atoms with Crippen LogP contribution in [0, 0.1) is 5.92 Å². The number of hydrogen-bond acceptors (Lipinski definition) is 3. The molecule has 3 rings (SSSR count). The van der Waals surface area contributed by atoms with Gasteiger partial charge in [0.2, 0.25) is 0 Å². The summed E-state index contributed by atoms with van der Waals surface area (Å²) < 4.78 is 0. The van der Waals surface area contributed by atoms with Crippen LogP contribution in [0.25, 0.3) is 6.08 Å². The van der Waals surface area contributed by atoms with Crippen LogP contribution in [0.4, 0.5) is 0 Å². The predicted molar refractivity (Wildman–Crippen MR) is 89.4 cm³/mol. The highest BCUT2D eigenvalue weighted by Crippen LogP contribution is 2.32. The Morgan fingerprint density at radius 1 is 1.29 bits per heavy atom. The van der Waals surface area contributed by atoms with Gasteiger partial charge in [0, 0.05) is 18.1 Å². The quantitative estimate of drug-likeness (QED) is 0.732. The van der Waals surface area contributed by atoms with E-state index in [1.807, 2.05) is 30.3 Å². The maximum absolute atomic E-state index is 12.0. The number of aliphatic imine (C=N–C) groups is 1. The van der Waals surface area contributed by atoms with E-state index < -0.39 is 0 Å². The van der Waals surface area contributed by atoms with E-state index in [9.17, 15) is 4.79 Å². The molecule has 110 valence electrons. The second-order valence-corrected chi connectivity index (χ2v) is 6.98. The van der Waals surface area contributed by atoms with E-state index >= 15 is 0 Å². The lowest BCUT2D eigenvalue weighted by atomic mass is 10.00. The molecule has 0 spiro atoms. The molecule has 2 aliphatic heterocycles. The number of thioether (sulfide) groups is 1. The standard InChI is InChI=1S/C16H17ClN2OS/c1-11-6-8-19(9-7-11)16-18-15(20)14(21-16)10-12-2-4-13(17)5-3-12/h2-5,10-11H,6-9H2,1H3/b14-10+. The van der Waals surface area contributed by atoms with Gasteiger partial charge in [-0.2, -0.15) is 4.99 Å². The molecule has 1 amide bonds. The van der Waals surface area contributed by atoms with Gasteiger partial charge in [0.1, 0.15) is 0 Å². The summed E-state index contributed by atoms with van der Waals surface area (Å²) in [7, 11) is 0. The molecule has 3 nitrogen and oxygen atoms in total. The first-order valence-corrected chi connectivity index (χ1v) is 8.34. The molecule has 0 N–H and O–H groups in total. The number of carbonyl (C=O) groups excluding carboxylic acids is 1. The molecule has 21 heavy (non-hydrogen) atoms. The van der Waals surface area contributed by atoms with E-state index in [0.717, 1.165) is 29.7 Å². The molecule has 0 bridgehead atoms. The highest BCUT2D eigenvalue weighted by Gasteiger charge is 2.28. The number of rotatable bonds is 1. The van der Waals surface area contributed by atoms with Crippen LogP contribution in [0.3, 0.4) is 0 Å². The smallest absolute Gasteiger partial charge is 0.286 e. The first-order chi connectivity index (χ1) is 10.1. The summed E-state index contributed by atoms with van der Waals surface area (Å²) in [6.45, 7) is 4.26. The van der Waals surface area contributed by atoms with Crippen LogP contribution < -0.4 is 0 Å². The summed E-state index contributed by atoms with van der Waals surface area (Å²) in [5.74, 6) is 0.636. The van der Waals surface area contributed by atoms with Gasteiger partial charge in [-0.25, -0.2) is 0 Å². The lowest BCUT2D eigenvalue weighted by Crippen LogP contribution is -2.35. The van der Waals surface area contributed by atoms with Crippen LogP contribution in [0.2, 0.25) is 5.02 Å². The van der Waals surface area contributed by atoms with Gasteiger partial charge in [0.25, 0.3) is 5.91 Å². The molecular formula is C16H17ClN2OS. The third-order valence-electron chi connectivity index (χ3n) is 3.83. The molecule has 2 heterocycles. The maximum Gasteiger partial charge on any atom is 0.286 e. The van der Waals surface area contributed by atoms with Gasteiger partial charge in [0.05, 0.1) is 4.91 Å². The Balaban J connectivity index is 1.71. The van der Waals surface area contributed by atoms with Crippen molar-refractivity contribution in [1.82, 2.24) is 4.90 Å². The minimum absolute atomic E-state index is 0.136. The number of benzene rings is 1. The van der Waals surface area contributed by atoms with Crippen molar-refractivity contribution in [2.45, 2.75) is 19.8 Å². The second-order valence-electron chi connectivity index (χ2n) is 5.53. The van der Waals surface area contributed by atoms with E-state index in [0.29, 0.717) is 9.93 Å². The number of likely N-dealkylation sites (tertiary alicyclic amines) is 1. The summed E-state index contributed by atoms with van der Waals surface area (Å²) >= 11 is 7.35. The molecule has 0 aliphatic carbocycles. The fourth-order valence-corrected chi connectivity index (χ4v) is 3.53. The molecular weight excluding hydrogens is 304 g/mol. The molecule has 0 aromatic heterocycles. The molecule has 0 atom stereocenters. The van der Waals surface area contributed by atoms with Gasteiger partial charge >= 0.3 is 0 Å². The highest BCUT2D eigenvalue weighted by atomic mass is 35.5. The average molecular weight is 321 g/mol. The van der Waals surface area contributed by atoms with Crippen LogP contribution >= 0.6 is 23.4 Å². The van der Waals surface area contributed by atoms with Gasteiger partial charge in [0.15, 0.2) is 5.17 Å². The van der Waals surface area contributed by atoms with Crippen LogP contribution in [0.1, 0.15) is 25.3 Å². The maximum atomic E-state index is 12.0. The predicted octanol–water partition coefficient (Wildman–Crippen LogP) is 4.04. The summed E-state index contributed by atoms with van der Waals surface area (Å²) in [5.41, 5.74) is 0.971. The summed E-state index contributed by atoms with van der Waals surface area (Å²) in [6, 6.07) is 7.46. The number of amidine groups is 1. The van der Waals surface area contributed by atoms with E-state index in [1.165, 1.54) is 24.6 Å². The van der Waals surface area contributed by atoms with Crippen molar-refractivity contribution in [1.29, 1.82) is 0 Å². The zero-order valence-electron chi connectivity index (χ0n) is 11.9. The van der Waals surface area contributed by atoms with Crippen LogP contribution in [0.5, 0.6) is 0 Å². The minimum atomic E-state index is -0.136. The van der Waals surface area contributed by atoms with Crippen molar-refractivity contribution in [3.63, 3.8) is 0 Å². The molecule has 0 saturated carbocycles. The van der Waals surface area contributed by atoms with E-state index in [-0.39, 0.29) is 5.91 Å².